The van der Waals surface area contributed by atoms with Gasteiger partial charge in [-0.05, 0) is 71.2 Å². The van der Waals surface area contributed by atoms with E-state index in [1.807, 2.05) is 26.0 Å². The molecular formula is C38H48FN5O9S. The van der Waals surface area contributed by atoms with Crippen LogP contribution in [-0.4, -0.2) is 86.3 Å². The molecular weight excluding hydrogens is 722 g/mol. The van der Waals surface area contributed by atoms with E-state index in [0.29, 0.717) is 30.8 Å². The molecule has 3 heterocycles. The normalized spacial score (nSPS) is 14.6. The Morgan fingerprint density at radius 2 is 1.76 bits per heavy atom. The first-order valence-electron chi connectivity index (χ1n) is 17.7. The van der Waals surface area contributed by atoms with Crippen molar-refractivity contribution >= 4 is 38.6 Å². The minimum Gasteiger partial charge on any atom is -0.497 e. The van der Waals surface area contributed by atoms with Crippen molar-refractivity contribution in [3.05, 3.63) is 75.5 Å². The number of fused-ring (bicyclic) bond motifs is 3. The number of benzene rings is 2. The van der Waals surface area contributed by atoms with Gasteiger partial charge >= 0.3 is 5.97 Å². The second kappa shape index (κ2) is 16.1. The van der Waals surface area contributed by atoms with Gasteiger partial charge in [-0.1, -0.05) is 18.2 Å². The van der Waals surface area contributed by atoms with E-state index in [1.165, 1.54) is 32.4 Å². The van der Waals surface area contributed by atoms with Crippen molar-refractivity contribution in [1.29, 1.82) is 0 Å². The second-order valence-electron chi connectivity index (χ2n) is 14.2. The van der Waals surface area contributed by atoms with Gasteiger partial charge in [0.25, 0.3) is 11.5 Å². The second-order valence-corrected chi connectivity index (χ2v) is 16.3. The summed E-state index contributed by atoms with van der Waals surface area (Å²) in [7, 11) is 0.164. The van der Waals surface area contributed by atoms with Crippen LogP contribution in [0.2, 0.25) is 0 Å². The van der Waals surface area contributed by atoms with Crippen LogP contribution >= 0.6 is 0 Å². The van der Waals surface area contributed by atoms with Crippen molar-refractivity contribution in [1.82, 2.24) is 19.2 Å². The van der Waals surface area contributed by atoms with Gasteiger partial charge in [-0.3, -0.25) is 18.7 Å². The number of aromatic nitrogens is 3. The van der Waals surface area contributed by atoms with Crippen molar-refractivity contribution in [2.45, 2.75) is 66.7 Å². The predicted octanol–water partition coefficient (Wildman–Crippen LogP) is 5.15. The average Bonchev–Trinajstić information content (AvgIpc) is 3.50. The fourth-order valence-electron chi connectivity index (χ4n) is 6.26. The third-order valence-electron chi connectivity index (χ3n) is 9.30. The van der Waals surface area contributed by atoms with Crippen LogP contribution in [0.25, 0.3) is 10.9 Å². The number of halogens is 1. The van der Waals surface area contributed by atoms with Gasteiger partial charge in [-0.2, -0.15) is 0 Å². The molecule has 292 valence electrons. The summed E-state index contributed by atoms with van der Waals surface area (Å²) in [6.07, 6.45) is 0.473. The van der Waals surface area contributed by atoms with Gasteiger partial charge in [0.05, 0.1) is 38.5 Å². The van der Waals surface area contributed by atoms with Gasteiger partial charge in [-0.15, -0.1) is 5.10 Å². The van der Waals surface area contributed by atoms with E-state index in [1.54, 1.807) is 49.5 Å². The van der Waals surface area contributed by atoms with Gasteiger partial charge < -0.3 is 28.4 Å². The molecule has 1 aliphatic heterocycles. The number of anilines is 1. The molecule has 0 saturated carbocycles. The molecule has 0 aliphatic carbocycles. The number of esters is 1. The highest BCUT2D eigenvalue weighted by atomic mass is 32.2. The molecule has 2 aromatic carbocycles. The molecule has 0 radical (unpaired) electrons. The van der Waals surface area contributed by atoms with Gasteiger partial charge in [-0.25, -0.2) is 17.5 Å². The molecule has 4 aromatic rings. The summed E-state index contributed by atoms with van der Waals surface area (Å²) in [5.41, 5.74) is 0.0986. The molecule has 0 N–H and O–H groups in total. The molecule has 0 bridgehead atoms. The zero-order chi connectivity index (χ0) is 39.5. The molecule has 2 aromatic heterocycles. The number of carbonyl (C=O) groups is 2. The van der Waals surface area contributed by atoms with Crippen LogP contribution in [0.4, 0.5) is 10.2 Å². The maximum absolute atomic E-state index is 14.6. The van der Waals surface area contributed by atoms with E-state index >= 15 is 0 Å². The first kappa shape index (κ1) is 40.1. The van der Waals surface area contributed by atoms with E-state index in [0.717, 1.165) is 14.6 Å². The minimum atomic E-state index is -4.08. The predicted molar refractivity (Wildman–Crippen MR) is 201 cm³/mol. The number of sulfonamides is 1. The molecule has 5 rings (SSSR count). The molecule has 54 heavy (non-hydrogen) atoms. The Labute approximate surface area is 314 Å². The first-order chi connectivity index (χ1) is 25.5. The molecule has 16 heteroatoms. The van der Waals surface area contributed by atoms with E-state index in [-0.39, 0.29) is 83.8 Å². The molecule has 14 nitrogen and oxygen atoms in total. The number of carbonyl (C=O) groups excluding carboxylic acids is 2. The lowest BCUT2D eigenvalue weighted by molar-refractivity contribution is -0.153. The summed E-state index contributed by atoms with van der Waals surface area (Å²) in [6.45, 7) is 9.53. The topological polar surface area (TPSA) is 152 Å². The van der Waals surface area contributed by atoms with E-state index in [4.69, 9.17) is 18.9 Å². The summed E-state index contributed by atoms with van der Waals surface area (Å²) >= 11 is 0. The van der Waals surface area contributed by atoms with Gasteiger partial charge in [0, 0.05) is 37.8 Å². The Balaban J connectivity index is 1.58. The van der Waals surface area contributed by atoms with Gasteiger partial charge in [0.1, 0.15) is 34.8 Å². The van der Waals surface area contributed by atoms with Crippen LogP contribution in [0.5, 0.6) is 17.2 Å². The summed E-state index contributed by atoms with van der Waals surface area (Å²) in [5, 5.41) is 4.61. The van der Waals surface area contributed by atoms with Crippen LogP contribution < -0.4 is 24.1 Å². The number of hydrogen-bond acceptors (Lipinski definition) is 10. The molecule has 0 spiro atoms. The van der Waals surface area contributed by atoms with Gasteiger partial charge in [0.2, 0.25) is 10.0 Å². The molecule has 1 amide bonds. The minimum absolute atomic E-state index is 0.00366. The Morgan fingerprint density at radius 1 is 1.06 bits per heavy atom. The zero-order valence-corrected chi connectivity index (χ0v) is 32.8. The molecule has 1 unspecified atom stereocenters. The van der Waals surface area contributed by atoms with Crippen LogP contribution in [-0.2, 0) is 32.7 Å². The smallest absolute Gasteiger partial charge is 0.311 e. The van der Waals surface area contributed by atoms with E-state index in [9.17, 15) is 27.2 Å². The third kappa shape index (κ3) is 8.17. The lowest BCUT2D eigenvalue weighted by atomic mass is 9.97. The van der Waals surface area contributed by atoms with E-state index in [2.05, 4.69) is 5.10 Å². The zero-order valence-electron chi connectivity index (χ0n) is 32.0. The van der Waals surface area contributed by atoms with Crippen molar-refractivity contribution in [3.8, 4) is 17.2 Å². The lowest BCUT2D eigenvalue weighted by Gasteiger charge is -2.33. The largest absolute Gasteiger partial charge is 0.497 e. The number of amides is 1. The van der Waals surface area contributed by atoms with Crippen molar-refractivity contribution < 1.29 is 41.3 Å². The van der Waals surface area contributed by atoms with Crippen LogP contribution in [0, 0.1) is 11.2 Å². The van der Waals surface area contributed by atoms with Crippen molar-refractivity contribution in [2.75, 3.05) is 51.0 Å². The fraction of sp³-hybridized carbons (Fsp3) is 0.474. The lowest BCUT2D eigenvalue weighted by Crippen LogP contribution is -2.42. The third-order valence-corrected chi connectivity index (χ3v) is 11.1. The highest BCUT2D eigenvalue weighted by molar-refractivity contribution is 7.92. The number of likely N-dealkylation sites (N-methyl/N-ethyl adjacent to an activating group) is 1. The molecule has 0 saturated heterocycles. The Hall–Kier alpha value is -5.12. The van der Waals surface area contributed by atoms with Crippen LogP contribution in [0.15, 0.2) is 47.3 Å². The summed E-state index contributed by atoms with van der Waals surface area (Å²) in [6, 6.07) is 10.7. The summed E-state index contributed by atoms with van der Waals surface area (Å²) in [4.78, 5) is 42.0. The van der Waals surface area contributed by atoms with Crippen molar-refractivity contribution in [3.63, 3.8) is 0 Å². The highest BCUT2D eigenvalue weighted by Crippen LogP contribution is 2.41. The maximum Gasteiger partial charge on any atom is 0.311 e. The Morgan fingerprint density at radius 3 is 2.39 bits per heavy atom. The molecule has 1 atom stereocenters. The molecule has 0 fully saturated rings. The fourth-order valence-corrected chi connectivity index (χ4v) is 7.49. The Bertz CT molecular complexity index is 2190. The maximum atomic E-state index is 14.6. The quantitative estimate of drug-likeness (QED) is 0.117. The SMILES string of the molecule is CCN1CC(C)n2c(c(OC)c3c(=O)n(Cc4ccc(F)cc4OCc4ccc(OC)cc4)nc(N(C)S(=O)(=O)CCCCOC(=O)C(C)(C)C)c32)C1=O. The number of methoxy groups -OCH3 is 2. The Kier molecular flexibility index (Phi) is 11.9. The highest BCUT2D eigenvalue weighted by Gasteiger charge is 2.39. The first-order valence-corrected chi connectivity index (χ1v) is 19.3. The van der Waals surface area contributed by atoms with Crippen LogP contribution in [0.1, 0.15) is 75.1 Å². The van der Waals surface area contributed by atoms with Crippen LogP contribution in [0.3, 0.4) is 0 Å². The summed E-state index contributed by atoms with van der Waals surface area (Å²) in [5.74, 6) is -0.911. The standard InChI is InChI=1S/C38H48FN5O9S/c1-9-42-21-24(2)44-31-30(33(51-8)32(44)36(42)46)35(45)43(40-34(31)41(6)54(48,49)19-11-10-18-52-37(47)38(3,4)5)22-26-14-15-27(39)20-29(26)53-23-25-12-16-28(50-7)17-13-25/h12-17,20,24H,9-11,18-19,21-23H2,1-8H3. The molecule has 1 aliphatic rings. The number of hydrogen-bond donors (Lipinski definition) is 0. The average molecular weight is 770 g/mol. The number of nitrogens with zero attached hydrogens (tertiary/aromatic N) is 5. The monoisotopic (exact) mass is 769 g/mol. The number of unbranched alkanes of at least 4 members (excludes halogenated alkanes) is 1. The number of ether oxygens (including phenoxy) is 4. The van der Waals surface area contributed by atoms with Gasteiger partial charge in [0.15, 0.2) is 17.3 Å². The van der Waals surface area contributed by atoms with E-state index < -0.39 is 26.8 Å². The summed E-state index contributed by atoms with van der Waals surface area (Å²) < 4.78 is 68.5. The van der Waals surface area contributed by atoms with Crippen molar-refractivity contribution in [2.24, 2.45) is 5.41 Å². The number of rotatable bonds is 15.